The van der Waals surface area contributed by atoms with Crippen LogP contribution in [0.2, 0.25) is 0 Å². The van der Waals surface area contributed by atoms with E-state index >= 15 is 0 Å². The summed E-state index contributed by atoms with van der Waals surface area (Å²) in [5, 5.41) is 19.5. The van der Waals surface area contributed by atoms with Crippen LogP contribution in [0.1, 0.15) is 6.92 Å². The van der Waals surface area contributed by atoms with Gasteiger partial charge >= 0.3 is 0 Å². The zero-order valence-corrected chi connectivity index (χ0v) is 5.05. The molecule has 3 nitrogen and oxygen atoms in total. The molecule has 0 aromatic heterocycles. The minimum atomic E-state index is -1.33. The maximum atomic E-state index is 8.40. The summed E-state index contributed by atoms with van der Waals surface area (Å²) in [4.78, 5) is 0. The highest BCUT2D eigenvalue weighted by Crippen LogP contribution is 1.92. The Morgan fingerprint density at radius 2 is 2.12 bits per heavy atom. The smallest absolute Gasteiger partial charge is 0.175 e. The first-order valence-corrected chi connectivity index (χ1v) is 2.38. The van der Waals surface area contributed by atoms with Crippen molar-refractivity contribution in [2.24, 2.45) is 0 Å². The van der Waals surface area contributed by atoms with Crippen LogP contribution in [0.15, 0.2) is 11.8 Å². The maximum Gasteiger partial charge on any atom is 0.175 e. The van der Waals surface area contributed by atoms with Gasteiger partial charge in [0.2, 0.25) is 0 Å². The van der Waals surface area contributed by atoms with Gasteiger partial charge in [0.05, 0.1) is 0 Å². The van der Waals surface area contributed by atoms with E-state index in [1.165, 1.54) is 6.20 Å². The molecule has 0 aliphatic rings. The summed E-state index contributed by atoms with van der Waals surface area (Å²) < 4.78 is 0. The topological polar surface area (TPSA) is 52.5 Å². The second-order valence-electron chi connectivity index (χ2n) is 1.55. The van der Waals surface area contributed by atoms with Gasteiger partial charge in [-0.1, -0.05) is 0 Å². The van der Waals surface area contributed by atoms with E-state index in [9.17, 15) is 0 Å². The van der Waals surface area contributed by atoms with Gasteiger partial charge in [0.15, 0.2) is 6.29 Å². The summed E-state index contributed by atoms with van der Waals surface area (Å²) in [6.07, 6.45) is 0.201. The molecule has 8 heavy (non-hydrogen) atoms. The van der Waals surface area contributed by atoms with Gasteiger partial charge in [0, 0.05) is 13.2 Å². The average Bonchev–Trinajstić information content (AvgIpc) is 1.67. The van der Waals surface area contributed by atoms with Gasteiger partial charge in [0.25, 0.3) is 0 Å². The number of hydrogen-bond acceptors (Lipinski definition) is 3. The van der Waals surface area contributed by atoms with Crippen molar-refractivity contribution in [2.45, 2.75) is 13.2 Å². The van der Waals surface area contributed by atoms with Crippen LogP contribution in [0.25, 0.3) is 0 Å². The number of aliphatic hydroxyl groups is 2. The van der Waals surface area contributed by atoms with Crippen molar-refractivity contribution in [3.05, 3.63) is 11.8 Å². The summed E-state index contributed by atoms with van der Waals surface area (Å²) in [5.74, 6) is 0. The van der Waals surface area contributed by atoms with Gasteiger partial charge in [-0.05, 0) is 12.5 Å². The van der Waals surface area contributed by atoms with E-state index in [1.54, 1.807) is 14.0 Å². The first-order valence-electron chi connectivity index (χ1n) is 2.38. The highest BCUT2D eigenvalue weighted by Gasteiger charge is 1.95. The van der Waals surface area contributed by atoms with Crippen LogP contribution < -0.4 is 5.32 Å². The minimum absolute atomic E-state index is 0.507. The van der Waals surface area contributed by atoms with Crippen LogP contribution in [0, 0.1) is 0 Å². The van der Waals surface area contributed by atoms with Crippen molar-refractivity contribution in [1.82, 2.24) is 5.32 Å². The molecule has 0 fully saturated rings. The fourth-order valence-corrected chi connectivity index (χ4v) is 0.302. The van der Waals surface area contributed by atoms with E-state index < -0.39 is 6.29 Å². The lowest BCUT2D eigenvalue weighted by Gasteiger charge is -2.00. The van der Waals surface area contributed by atoms with Gasteiger partial charge in [-0.15, -0.1) is 0 Å². The molecule has 0 aliphatic heterocycles. The summed E-state index contributed by atoms with van der Waals surface area (Å²) in [7, 11) is 1.70. The highest BCUT2D eigenvalue weighted by molar-refractivity contribution is 4.97. The highest BCUT2D eigenvalue weighted by atomic mass is 16.5. The third-order valence-corrected chi connectivity index (χ3v) is 0.779. The average molecular weight is 117 g/mol. The van der Waals surface area contributed by atoms with Crippen LogP contribution in [0.4, 0.5) is 0 Å². The fraction of sp³-hybridized carbons (Fsp3) is 0.600. The van der Waals surface area contributed by atoms with Crippen LogP contribution in [0.5, 0.6) is 0 Å². The normalized spacial score (nSPS) is 12.4. The first kappa shape index (κ1) is 7.46. The Balaban J connectivity index is 3.61. The van der Waals surface area contributed by atoms with Gasteiger partial charge in [-0.2, -0.15) is 0 Å². The summed E-state index contributed by atoms with van der Waals surface area (Å²) in [5.41, 5.74) is 0.507. The molecular weight excluding hydrogens is 106 g/mol. The second kappa shape index (κ2) is 3.46. The molecule has 0 amide bonds. The molecule has 0 aliphatic carbocycles. The van der Waals surface area contributed by atoms with E-state index in [2.05, 4.69) is 5.32 Å². The Hall–Kier alpha value is -0.540. The molecule has 0 radical (unpaired) electrons. The molecule has 0 saturated carbocycles. The summed E-state index contributed by atoms with van der Waals surface area (Å²) in [6, 6.07) is 0. The van der Waals surface area contributed by atoms with Crippen LogP contribution >= 0.6 is 0 Å². The molecule has 3 heteroatoms. The Morgan fingerprint density at radius 3 is 2.25 bits per heavy atom. The van der Waals surface area contributed by atoms with Crippen molar-refractivity contribution in [3.8, 4) is 0 Å². The molecule has 0 bridgehead atoms. The predicted octanol–water partition coefficient (Wildman–Crippen LogP) is -0.580. The zero-order valence-electron chi connectivity index (χ0n) is 5.05. The molecule has 0 atom stereocenters. The molecule has 0 spiro atoms. The molecule has 48 valence electrons. The maximum absolute atomic E-state index is 8.40. The lowest BCUT2D eigenvalue weighted by atomic mass is 10.3. The molecule has 0 aromatic rings. The summed E-state index contributed by atoms with van der Waals surface area (Å²) in [6.45, 7) is 1.63. The molecule has 3 N–H and O–H groups in total. The van der Waals surface area contributed by atoms with Crippen molar-refractivity contribution in [3.63, 3.8) is 0 Å². The van der Waals surface area contributed by atoms with E-state index in [0.29, 0.717) is 5.57 Å². The van der Waals surface area contributed by atoms with Crippen molar-refractivity contribution >= 4 is 0 Å². The number of rotatable bonds is 2. The van der Waals surface area contributed by atoms with Crippen LogP contribution in [0.3, 0.4) is 0 Å². The van der Waals surface area contributed by atoms with Crippen LogP contribution in [-0.2, 0) is 0 Å². The lowest BCUT2D eigenvalue weighted by molar-refractivity contribution is -0.00797. The van der Waals surface area contributed by atoms with E-state index in [-0.39, 0.29) is 0 Å². The number of hydrogen-bond donors (Lipinski definition) is 3. The Bertz CT molecular complexity index is 88.4. The van der Waals surface area contributed by atoms with Crippen molar-refractivity contribution in [1.29, 1.82) is 0 Å². The Kier molecular flexibility index (Phi) is 3.23. The predicted molar refractivity (Wildman–Crippen MR) is 31.0 cm³/mol. The van der Waals surface area contributed by atoms with Gasteiger partial charge < -0.3 is 15.5 Å². The Labute approximate surface area is 48.6 Å². The van der Waals surface area contributed by atoms with Gasteiger partial charge in [-0.3, -0.25) is 0 Å². The molecule has 0 unspecified atom stereocenters. The number of aliphatic hydroxyl groups excluding tert-OH is 1. The second-order valence-corrected chi connectivity index (χ2v) is 1.55. The third kappa shape index (κ3) is 2.60. The molecule has 0 heterocycles. The van der Waals surface area contributed by atoms with Crippen molar-refractivity contribution in [2.75, 3.05) is 7.05 Å². The molecule has 0 rings (SSSR count). The standard InChI is InChI=1S/C5H11NO2/c1-4(3-6-2)5(7)8/h3,5-8H,1-2H3/b4-3+. The van der Waals surface area contributed by atoms with E-state index in [1.807, 2.05) is 0 Å². The molecule has 0 saturated heterocycles. The van der Waals surface area contributed by atoms with Crippen LogP contribution in [-0.4, -0.2) is 23.6 Å². The largest absolute Gasteiger partial charge is 0.394 e. The monoisotopic (exact) mass is 117 g/mol. The zero-order chi connectivity index (χ0) is 6.57. The van der Waals surface area contributed by atoms with Crippen molar-refractivity contribution < 1.29 is 10.2 Å². The lowest BCUT2D eigenvalue weighted by Crippen LogP contribution is -2.08. The van der Waals surface area contributed by atoms with E-state index in [0.717, 1.165) is 0 Å². The summed E-state index contributed by atoms with van der Waals surface area (Å²) >= 11 is 0. The van der Waals surface area contributed by atoms with Gasteiger partial charge in [-0.25, -0.2) is 0 Å². The SMILES string of the molecule is CN/C=C(\C)C(O)O. The molecular formula is C5H11NO2. The first-order chi connectivity index (χ1) is 3.68. The quantitative estimate of drug-likeness (QED) is 0.424. The van der Waals surface area contributed by atoms with E-state index in [4.69, 9.17) is 10.2 Å². The van der Waals surface area contributed by atoms with Gasteiger partial charge in [0.1, 0.15) is 0 Å². The molecule has 0 aromatic carbocycles. The number of nitrogens with one attached hydrogen (secondary N) is 1. The fourth-order valence-electron chi connectivity index (χ4n) is 0.302. The Morgan fingerprint density at radius 1 is 1.62 bits per heavy atom. The third-order valence-electron chi connectivity index (χ3n) is 0.779. The minimum Gasteiger partial charge on any atom is -0.394 e.